The van der Waals surface area contributed by atoms with E-state index in [2.05, 4.69) is 27.3 Å². The van der Waals surface area contributed by atoms with Crippen LogP contribution in [0.1, 0.15) is 31.2 Å². The van der Waals surface area contributed by atoms with E-state index in [1.165, 1.54) is 0 Å². The molecule has 1 aromatic carbocycles. The molecule has 1 N–H and O–H groups in total. The van der Waals surface area contributed by atoms with Crippen LogP contribution in [0.25, 0.3) is 0 Å². The topological polar surface area (TPSA) is 38.3 Å². The predicted octanol–water partition coefficient (Wildman–Crippen LogP) is 2.77. The highest BCUT2D eigenvalue weighted by Crippen LogP contribution is 2.46. The summed E-state index contributed by atoms with van der Waals surface area (Å²) in [4.78, 5) is 12.6. The quantitative estimate of drug-likeness (QED) is 0.925. The Morgan fingerprint density at radius 2 is 2.16 bits per heavy atom. The van der Waals surface area contributed by atoms with Gasteiger partial charge in [-0.05, 0) is 43.4 Å². The second-order valence-corrected chi connectivity index (χ2v) is 6.52. The Morgan fingerprint density at radius 1 is 1.42 bits per heavy atom. The Balaban J connectivity index is 1.86. The number of methoxy groups -OCH3 is 1. The van der Waals surface area contributed by atoms with Crippen LogP contribution in [0.4, 0.5) is 0 Å². The lowest BCUT2D eigenvalue weighted by Gasteiger charge is -2.46. The van der Waals surface area contributed by atoms with Crippen molar-refractivity contribution in [2.24, 2.45) is 0 Å². The van der Waals surface area contributed by atoms with Crippen molar-refractivity contribution in [3.63, 3.8) is 0 Å². The van der Waals surface area contributed by atoms with Crippen molar-refractivity contribution in [3.8, 4) is 0 Å². The van der Waals surface area contributed by atoms with Crippen molar-refractivity contribution in [3.05, 3.63) is 34.3 Å². The lowest BCUT2D eigenvalue weighted by molar-refractivity contribution is -0.136. The zero-order chi connectivity index (χ0) is 13.5. The van der Waals surface area contributed by atoms with Crippen LogP contribution in [-0.2, 0) is 14.9 Å². The SMILES string of the molecule is CO[C@H]1C[C@](C(=O)NC2CC2)(c2cccc(Br)c2)C1. The van der Waals surface area contributed by atoms with E-state index in [1.54, 1.807) is 7.11 Å². The Bertz CT molecular complexity index is 493. The molecule has 1 aromatic rings. The van der Waals surface area contributed by atoms with Crippen molar-refractivity contribution < 1.29 is 9.53 Å². The molecule has 0 atom stereocenters. The van der Waals surface area contributed by atoms with Crippen LogP contribution in [-0.4, -0.2) is 25.2 Å². The monoisotopic (exact) mass is 323 g/mol. The fourth-order valence-corrected chi connectivity index (χ4v) is 3.17. The minimum Gasteiger partial charge on any atom is -0.381 e. The molecule has 0 spiro atoms. The molecule has 1 amide bonds. The molecule has 2 fully saturated rings. The highest BCUT2D eigenvalue weighted by molar-refractivity contribution is 9.10. The van der Waals surface area contributed by atoms with Gasteiger partial charge in [0, 0.05) is 17.6 Å². The number of benzene rings is 1. The number of hydrogen-bond donors (Lipinski definition) is 1. The summed E-state index contributed by atoms with van der Waals surface area (Å²) in [5, 5.41) is 3.15. The number of carbonyl (C=O) groups excluding carboxylic acids is 1. The van der Waals surface area contributed by atoms with E-state index >= 15 is 0 Å². The van der Waals surface area contributed by atoms with Gasteiger partial charge in [0.1, 0.15) is 0 Å². The molecule has 0 aromatic heterocycles. The van der Waals surface area contributed by atoms with Crippen molar-refractivity contribution in [1.29, 1.82) is 0 Å². The van der Waals surface area contributed by atoms with E-state index in [4.69, 9.17) is 4.74 Å². The first kappa shape index (κ1) is 13.1. The van der Waals surface area contributed by atoms with Gasteiger partial charge in [-0.2, -0.15) is 0 Å². The van der Waals surface area contributed by atoms with Crippen molar-refractivity contribution in [1.82, 2.24) is 5.32 Å². The number of amides is 1. The van der Waals surface area contributed by atoms with Gasteiger partial charge in [0.05, 0.1) is 11.5 Å². The van der Waals surface area contributed by atoms with Crippen LogP contribution in [0.5, 0.6) is 0 Å². The highest BCUT2D eigenvalue weighted by atomic mass is 79.9. The second kappa shape index (κ2) is 4.91. The molecule has 2 aliphatic rings. The van der Waals surface area contributed by atoms with Crippen LogP contribution in [0.3, 0.4) is 0 Å². The number of rotatable bonds is 4. The zero-order valence-electron chi connectivity index (χ0n) is 11.0. The van der Waals surface area contributed by atoms with E-state index in [0.29, 0.717) is 6.04 Å². The molecule has 0 aliphatic heterocycles. The third-order valence-electron chi connectivity index (χ3n) is 4.21. The lowest BCUT2D eigenvalue weighted by Crippen LogP contribution is -2.56. The normalized spacial score (nSPS) is 29.7. The summed E-state index contributed by atoms with van der Waals surface area (Å²) in [5.41, 5.74) is 0.695. The van der Waals surface area contributed by atoms with Crippen LogP contribution in [0.15, 0.2) is 28.7 Å². The van der Waals surface area contributed by atoms with Crippen molar-refractivity contribution in [2.75, 3.05) is 7.11 Å². The number of hydrogen-bond acceptors (Lipinski definition) is 2. The van der Waals surface area contributed by atoms with Gasteiger partial charge in [-0.25, -0.2) is 0 Å². The molecule has 102 valence electrons. The van der Waals surface area contributed by atoms with Crippen LogP contribution >= 0.6 is 15.9 Å². The van der Waals surface area contributed by atoms with Gasteiger partial charge in [-0.15, -0.1) is 0 Å². The molecule has 2 saturated carbocycles. The molecular weight excluding hydrogens is 306 g/mol. The third kappa shape index (κ3) is 2.43. The minimum atomic E-state index is -0.396. The first-order valence-electron chi connectivity index (χ1n) is 6.74. The fourth-order valence-electron chi connectivity index (χ4n) is 2.77. The lowest BCUT2D eigenvalue weighted by atomic mass is 9.62. The molecule has 3 rings (SSSR count). The number of nitrogens with one attached hydrogen (secondary N) is 1. The summed E-state index contributed by atoms with van der Waals surface area (Å²) >= 11 is 3.49. The zero-order valence-corrected chi connectivity index (χ0v) is 12.6. The van der Waals surface area contributed by atoms with Gasteiger partial charge in [-0.3, -0.25) is 4.79 Å². The fraction of sp³-hybridized carbons (Fsp3) is 0.533. The van der Waals surface area contributed by atoms with E-state index in [0.717, 1.165) is 35.7 Å². The molecule has 2 aliphatic carbocycles. The van der Waals surface area contributed by atoms with Gasteiger partial charge in [0.15, 0.2) is 0 Å². The Hall–Kier alpha value is -0.870. The summed E-state index contributed by atoms with van der Waals surface area (Å²) in [7, 11) is 1.72. The van der Waals surface area contributed by atoms with Crippen molar-refractivity contribution >= 4 is 21.8 Å². The maximum Gasteiger partial charge on any atom is 0.231 e. The van der Waals surface area contributed by atoms with Crippen LogP contribution < -0.4 is 5.32 Å². The standard InChI is InChI=1S/C15H18BrNO2/c1-19-13-8-15(9-13,14(18)17-12-5-6-12)10-3-2-4-11(16)7-10/h2-4,7,12-13H,5-6,8-9H2,1H3,(H,17,18)/t13-,15+. The van der Waals surface area contributed by atoms with E-state index in [1.807, 2.05) is 18.2 Å². The van der Waals surface area contributed by atoms with Gasteiger partial charge in [-0.1, -0.05) is 28.1 Å². The Morgan fingerprint density at radius 3 is 2.74 bits per heavy atom. The average molecular weight is 324 g/mol. The van der Waals surface area contributed by atoms with Gasteiger partial charge in [0.25, 0.3) is 0 Å². The molecule has 3 nitrogen and oxygen atoms in total. The smallest absolute Gasteiger partial charge is 0.231 e. The molecule has 0 saturated heterocycles. The first-order valence-corrected chi connectivity index (χ1v) is 7.53. The summed E-state index contributed by atoms with van der Waals surface area (Å²) in [6, 6.07) is 8.48. The largest absolute Gasteiger partial charge is 0.381 e. The van der Waals surface area contributed by atoms with Gasteiger partial charge in [0.2, 0.25) is 5.91 Å². The molecule has 0 radical (unpaired) electrons. The number of ether oxygens (including phenoxy) is 1. The molecule has 4 heteroatoms. The number of halogens is 1. The van der Waals surface area contributed by atoms with Gasteiger partial charge >= 0.3 is 0 Å². The van der Waals surface area contributed by atoms with Crippen LogP contribution in [0, 0.1) is 0 Å². The maximum atomic E-state index is 12.6. The molecular formula is C15H18BrNO2. The molecule has 0 heterocycles. The van der Waals surface area contributed by atoms with Crippen LogP contribution in [0.2, 0.25) is 0 Å². The molecule has 0 unspecified atom stereocenters. The van der Waals surface area contributed by atoms with E-state index in [-0.39, 0.29) is 12.0 Å². The summed E-state index contributed by atoms with van der Waals surface area (Å²) < 4.78 is 6.39. The summed E-state index contributed by atoms with van der Waals surface area (Å²) in [5.74, 6) is 0.168. The second-order valence-electron chi connectivity index (χ2n) is 5.61. The summed E-state index contributed by atoms with van der Waals surface area (Å²) in [6.07, 6.45) is 3.99. The number of carbonyl (C=O) groups is 1. The average Bonchev–Trinajstić information content (AvgIpc) is 3.12. The van der Waals surface area contributed by atoms with Gasteiger partial charge < -0.3 is 10.1 Å². The predicted molar refractivity (Wildman–Crippen MR) is 77.0 cm³/mol. The molecule has 0 bridgehead atoms. The Labute approximate surface area is 121 Å². The third-order valence-corrected chi connectivity index (χ3v) is 4.70. The highest BCUT2D eigenvalue weighted by Gasteiger charge is 2.52. The van der Waals surface area contributed by atoms with Crippen molar-refractivity contribution in [2.45, 2.75) is 43.2 Å². The minimum absolute atomic E-state index is 0.168. The maximum absolute atomic E-state index is 12.6. The summed E-state index contributed by atoms with van der Waals surface area (Å²) in [6.45, 7) is 0. The first-order chi connectivity index (χ1) is 9.14. The Kier molecular flexibility index (Phi) is 3.39. The van der Waals surface area contributed by atoms with E-state index in [9.17, 15) is 4.79 Å². The van der Waals surface area contributed by atoms with E-state index < -0.39 is 5.41 Å². The molecule has 19 heavy (non-hydrogen) atoms.